The van der Waals surface area contributed by atoms with Gasteiger partial charge in [0.2, 0.25) is 0 Å². The molecule has 1 aromatic carbocycles. The predicted octanol–water partition coefficient (Wildman–Crippen LogP) is 3.09. The molecule has 8 nitrogen and oxygen atoms in total. The van der Waals surface area contributed by atoms with Crippen LogP contribution in [0.4, 0.5) is 10.2 Å². The first-order valence-corrected chi connectivity index (χ1v) is 21.2. The molecule has 0 aliphatic carbocycles. The average Bonchev–Trinajstić information content (AvgIpc) is 3.07. The molecule has 180 valence electrons. The molecular weight excluding hydrogens is 530 g/mol. The van der Waals surface area contributed by atoms with Crippen LogP contribution in [-0.2, 0) is 13.0 Å². The van der Waals surface area contributed by atoms with E-state index >= 15 is 0 Å². The van der Waals surface area contributed by atoms with E-state index in [1.54, 1.807) is 14.2 Å². The van der Waals surface area contributed by atoms with Crippen molar-refractivity contribution in [1.82, 2.24) is 24.8 Å². The Morgan fingerprint density at radius 3 is 2.36 bits per heavy atom. The summed E-state index contributed by atoms with van der Waals surface area (Å²) in [4.78, 5) is 19.6. The summed E-state index contributed by atoms with van der Waals surface area (Å²) in [7, 11) is 3.29. The van der Waals surface area contributed by atoms with Crippen LogP contribution in [0.15, 0.2) is 12.1 Å². The molecule has 3 aromatic rings. The van der Waals surface area contributed by atoms with Crippen molar-refractivity contribution in [2.45, 2.75) is 54.1 Å². The van der Waals surface area contributed by atoms with E-state index in [0.717, 1.165) is 30.1 Å². The predicted molar refractivity (Wildman–Crippen MR) is 133 cm³/mol. The van der Waals surface area contributed by atoms with Crippen molar-refractivity contribution in [3.63, 3.8) is 0 Å². The van der Waals surface area contributed by atoms with Gasteiger partial charge in [-0.05, 0) is 0 Å². The van der Waals surface area contributed by atoms with Crippen LogP contribution in [0.1, 0.15) is 31.7 Å². The fourth-order valence-electron chi connectivity index (χ4n) is 3.97. The van der Waals surface area contributed by atoms with Crippen LogP contribution in [-0.4, -0.2) is 64.7 Å². The van der Waals surface area contributed by atoms with Gasteiger partial charge in [-0.25, -0.2) is 0 Å². The van der Waals surface area contributed by atoms with E-state index in [1.807, 2.05) is 10.6 Å². The van der Waals surface area contributed by atoms with E-state index in [1.165, 1.54) is 3.58 Å². The number of nitrogens with two attached hydrogens (primary N) is 1. The van der Waals surface area contributed by atoms with Crippen molar-refractivity contribution in [3.8, 4) is 11.5 Å². The molecule has 0 unspecified atom stereocenters. The Bertz CT molecular complexity index is 1130. The van der Waals surface area contributed by atoms with Gasteiger partial charge in [0.15, 0.2) is 0 Å². The van der Waals surface area contributed by atoms with Crippen molar-refractivity contribution in [2.75, 3.05) is 26.5 Å². The second kappa shape index (κ2) is 10.4. The summed E-state index contributed by atoms with van der Waals surface area (Å²) in [6, 6.07) is 4.54. The number of aryl methyl sites for hydroxylation is 1. The molecule has 0 saturated carbocycles. The molecule has 2 heterocycles. The Labute approximate surface area is 199 Å². The quantitative estimate of drug-likeness (QED) is 0.222. The van der Waals surface area contributed by atoms with Crippen LogP contribution < -0.4 is 24.1 Å². The molecule has 2 aromatic heterocycles. The summed E-state index contributed by atoms with van der Waals surface area (Å²) >= 11 is -2.54. The molecular formula is C23H35FN6O2Sn. The van der Waals surface area contributed by atoms with Crippen LogP contribution >= 0.6 is 0 Å². The Morgan fingerprint density at radius 1 is 1.09 bits per heavy atom. The monoisotopic (exact) mass is 566 g/mol. The van der Waals surface area contributed by atoms with Crippen LogP contribution in [0.2, 0.25) is 14.8 Å². The number of nitrogen functional groups attached to an aromatic ring is 1. The molecule has 0 atom stereocenters. The molecule has 0 spiro atoms. The zero-order valence-electron chi connectivity index (χ0n) is 20.6. The van der Waals surface area contributed by atoms with E-state index in [0.29, 0.717) is 35.9 Å². The molecule has 3 N–H and O–H groups in total. The van der Waals surface area contributed by atoms with E-state index in [4.69, 9.17) is 20.2 Å². The molecule has 0 aliphatic heterocycles. The number of aromatic nitrogens is 4. The van der Waals surface area contributed by atoms with E-state index in [9.17, 15) is 4.39 Å². The Balaban J connectivity index is 2.10. The van der Waals surface area contributed by atoms with Crippen LogP contribution in [0, 0.1) is 6.08 Å². The maximum atomic E-state index is 14.0. The minimum atomic E-state index is -2.54. The zero-order valence-corrected chi connectivity index (χ0v) is 23.5. The SMILES string of the molecule is COc1cc(Cc2nc3c(N)nc(F)nc3n2CCCNC(C)C)[c]([Sn]([CH3])([CH3])[CH3])cc1OC. The van der Waals surface area contributed by atoms with E-state index < -0.39 is 24.5 Å². The van der Waals surface area contributed by atoms with Gasteiger partial charge in [0.25, 0.3) is 0 Å². The van der Waals surface area contributed by atoms with Gasteiger partial charge in [-0.1, -0.05) is 0 Å². The van der Waals surface area contributed by atoms with Crippen molar-refractivity contribution in [2.24, 2.45) is 0 Å². The third-order valence-corrected chi connectivity index (χ3v) is 11.5. The zero-order chi connectivity index (χ0) is 24.3. The van der Waals surface area contributed by atoms with E-state index in [-0.39, 0.29) is 5.82 Å². The molecule has 0 fully saturated rings. The number of fused-ring (bicyclic) bond motifs is 1. The fourth-order valence-corrected chi connectivity index (χ4v) is 8.79. The minimum absolute atomic E-state index is 0.0559. The number of imidazole rings is 1. The van der Waals surface area contributed by atoms with Crippen molar-refractivity contribution in [3.05, 3.63) is 29.6 Å². The first kappa shape index (κ1) is 25.5. The van der Waals surface area contributed by atoms with Crippen molar-refractivity contribution >= 4 is 38.9 Å². The molecule has 10 heteroatoms. The number of anilines is 1. The third kappa shape index (κ3) is 5.86. The van der Waals surface area contributed by atoms with Gasteiger partial charge in [0.1, 0.15) is 0 Å². The van der Waals surface area contributed by atoms with Gasteiger partial charge < -0.3 is 0 Å². The number of nitrogens with zero attached hydrogens (tertiary/aromatic N) is 4. The van der Waals surface area contributed by atoms with Gasteiger partial charge in [-0.2, -0.15) is 0 Å². The van der Waals surface area contributed by atoms with E-state index in [2.05, 4.69) is 50.0 Å². The Hall–Kier alpha value is -2.14. The number of nitrogens with one attached hydrogen (secondary N) is 1. The standard InChI is InChI=1S/C20H26FN6O2.3CH3.Sn/c1-12(2)23-8-5-9-27-16(24-17-18(22)25-20(21)26-19(17)27)11-13-6-7-14(28-3)15(10-13)29-4;;;;/h7,10,12,23H,5,8-9,11H2,1-4H3,(H2,22,25,26);3*1H3;. The van der Waals surface area contributed by atoms with Crippen LogP contribution in [0.3, 0.4) is 0 Å². The number of hydrogen-bond acceptors (Lipinski definition) is 7. The van der Waals surface area contributed by atoms with Crippen LogP contribution in [0.25, 0.3) is 11.2 Å². The number of halogens is 1. The summed E-state index contributed by atoms with van der Waals surface area (Å²) in [5.74, 6) is 2.25. The van der Waals surface area contributed by atoms with Gasteiger partial charge in [0.05, 0.1) is 0 Å². The van der Waals surface area contributed by atoms with Gasteiger partial charge in [-0.15, -0.1) is 0 Å². The Kier molecular flexibility index (Phi) is 8.04. The average molecular weight is 565 g/mol. The summed E-state index contributed by atoms with van der Waals surface area (Å²) < 4.78 is 28.5. The number of hydrogen-bond donors (Lipinski definition) is 2. The van der Waals surface area contributed by atoms with Crippen LogP contribution in [0.5, 0.6) is 11.5 Å². The molecule has 0 bridgehead atoms. The summed E-state index contributed by atoms with van der Waals surface area (Å²) in [5.41, 5.74) is 8.01. The normalized spacial score (nSPS) is 12.0. The number of benzene rings is 1. The van der Waals surface area contributed by atoms with Gasteiger partial charge in [0, 0.05) is 0 Å². The molecule has 0 aliphatic rings. The third-order valence-electron chi connectivity index (χ3n) is 5.55. The molecule has 3 rings (SSSR count). The topological polar surface area (TPSA) is 100 Å². The first-order chi connectivity index (χ1) is 15.5. The number of rotatable bonds is 10. The van der Waals surface area contributed by atoms with Gasteiger partial charge >= 0.3 is 199 Å². The Morgan fingerprint density at radius 2 is 1.76 bits per heavy atom. The van der Waals surface area contributed by atoms with Crippen molar-refractivity contribution < 1.29 is 13.9 Å². The number of ether oxygens (including phenoxy) is 2. The summed E-state index contributed by atoms with van der Waals surface area (Å²) in [6.07, 6.45) is 0.559. The maximum absolute atomic E-state index is 14.0. The second-order valence-electron chi connectivity index (χ2n) is 9.48. The summed E-state index contributed by atoms with van der Waals surface area (Å²) in [5, 5.41) is 3.42. The molecule has 0 radical (unpaired) electrons. The summed E-state index contributed by atoms with van der Waals surface area (Å²) in [6.45, 7) is 5.69. The van der Waals surface area contributed by atoms with Gasteiger partial charge in [-0.3, -0.25) is 0 Å². The number of methoxy groups -OCH3 is 2. The molecule has 0 amide bonds. The second-order valence-corrected chi connectivity index (χ2v) is 23.9. The first-order valence-electron chi connectivity index (χ1n) is 11.2. The molecule has 0 saturated heterocycles. The van der Waals surface area contributed by atoms with Crippen molar-refractivity contribution in [1.29, 1.82) is 0 Å². The molecule has 33 heavy (non-hydrogen) atoms. The fraction of sp³-hybridized carbons (Fsp3) is 0.522.